The molecule has 1 saturated carbocycles. The standard InChI is InChI=1S/C11H21NO2.C2H6/c1-8-4-6-10(7-5-8)14-11(13)9(2)12-3;1-2/h8-10,12H,4-7H2,1-3H3;1-2H3. The van der Waals surface area contributed by atoms with Gasteiger partial charge in [-0.15, -0.1) is 0 Å². The minimum Gasteiger partial charge on any atom is -0.461 e. The normalized spacial score (nSPS) is 26.3. The number of rotatable bonds is 3. The number of hydrogen-bond donors (Lipinski definition) is 1. The van der Waals surface area contributed by atoms with E-state index in [9.17, 15) is 4.79 Å². The van der Waals surface area contributed by atoms with Gasteiger partial charge in [0.05, 0.1) is 0 Å². The Hall–Kier alpha value is -0.570. The summed E-state index contributed by atoms with van der Waals surface area (Å²) < 4.78 is 5.39. The zero-order chi connectivity index (χ0) is 12.6. The summed E-state index contributed by atoms with van der Waals surface area (Å²) in [6.45, 7) is 8.09. The Morgan fingerprint density at radius 2 is 1.75 bits per heavy atom. The molecular weight excluding hydrogens is 202 g/mol. The van der Waals surface area contributed by atoms with E-state index in [2.05, 4.69) is 12.2 Å². The first kappa shape index (κ1) is 15.4. The highest BCUT2D eigenvalue weighted by Gasteiger charge is 2.23. The number of carbonyl (C=O) groups excluding carboxylic acids is 1. The van der Waals surface area contributed by atoms with E-state index < -0.39 is 0 Å². The molecular formula is C13H27NO2. The Morgan fingerprint density at radius 1 is 1.25 bits per heavy atom. The molecule has 0 radical (unpaired) electrons. The Kier molecular flexibility index (Phi) is 8.26. The molecule has 1 rings (SSSR count). The van der Waals surface area contributed by atoms with E-state index in [0.29, 0.717) is 0 Å². The molecule has 0 spiro atoms. The highest BCUT2D eigenvalue weighted by molar-refractivity contribution is 5.75. The van der Waals surface area contributed by atoms with Crippen molar-refractivity contribution in [2.24, 2.45) is 5.92 Å². The number of nitrogens with one attached hydrogen (secondary N) is 1. The first-order valence-corrected chi connectivity index (χ1v) is 6.51. The summed E-state index contributed by atoms with van der Waals surface area (Å²) in [4.78, 5) is 11.4. The minimum atomic E-state index is -0.186. The van der Waals surface area contributed by atoms with Crippen LogP contribution >= 0.6 is 0 Å². The summed E-state index contributed by atoms with van der Waals surface area (Å²) in [7, 11) is 1.77. The third kappa shape index (κ3) is 5.50. The maximum absolute atomic E-state index is 11.4. The van der Waals surface area contributed by atoms with Gasteiger partial charge in [-0.25, -0.2) is 0 Å². The molecule has 0 aromatic carbocycles. The fraction of sp³-hybridized carbons (Fsp3) is 0.923. The van der Waals surface area contributed by atoms with Crippen molar-refractivity contribution in [1.82, 2.24) is 5.32 Å². The first-order valence-electron chi connectivity index (χ1n) is 6.51. The Labute approximate surface area is 99.9 Å². The van der Waals surface area contributed by atoms with E-state index in [4.69, 9.17) is 4.74 Å². The number of carbonyl (C=O) groups is 1. The van der Waals surface area contributed by atoms with E-state index in [-0.39, 0.29) is 18.1 Å². The van der Waals surface area contributed by atoms with Crippen LogP contribution in [0.3, 0.4) is 0 Å². The molecule has 0 aliphatic heterocycles. The molecule has 96 valence electrons. The smallest absolute Gasteiger partial charge is 0.323 e. The van der Waals surface area contributed by atoms with Gasteiger partial charge in [-0.3, -0.25) is 4.79 Å². The fourth-order valence-corrected chi connectivity index (χ4v) is 1.73. The van der Waals surface area contributed by atoms with Crippen LogP contribution < -0.4 is 5.32 Å². The molecule has 1 unspecified atom stereocenters. The van der Waals surface area contributed by atoms with Crippen molar-refractivity contribution in [1.29, 1.82) is 0 Å². The van der Waals surface area contributed by atoms with Gasteiger partial charge < -0.3 is 10.1 Å². The van der Waals surface area contributed by atoms with Crippen molar-refractivity contribution >= 4 is 5.97 Å². The van der Waals surface area contributed by atoms with Crippen LogP contribution in [0.1, 0.15) is 53.4 Å². The summed E-state index contributed by atoms with van der Waals surface area (Å²) in [6, 6.07) is -0.186. The van der Waals surface area contributed by atoms with Crippen LogP contribution in [0.4, 0.5) is 0 Å². The average Bonchev–Trinajstić information content (AvgIpc) is 2.33. The van der Waals surface area contributed by atoms with Gasteiger partial charge >= 0.3 is 5.97 Å². The van der Waals surface area contributed by atoms with Crippen molar-refractivity contribution in [3.05, 3.63) is 0 Å². The zero-order valence-electron chi connectivity index (χ0n) is 11.4. The third-order valence-corrected chi connectivity index (χ3v) is 3.03. The Balaban J connectivity index is 0.00000106. The van der Waals surface area contributed by atoms with E-state index in [1.165, 1.54) is 12.8 Å². The Morgan fingerprint density at radius 3 is 2.19 bits per heavy atom. The van der Waals surface area contributed by atoms with Crippen LogP contribution in [0.2, 0.25) is 0 Å². The predicted molar refractivity (Wildman–Crippen MR) is 67.4 cm³/mol. The summed E-state index contributed by atoms with van der Waals surface area (Å²) in [5.41, 5.74) is 0. The van der Waals surface area contributed by atoms with Gasteiger partial charge in [0.15, 0.2) is 0 Å². The number of likely N-dealkylation sites (N-methyl/N-ethyl adjacent to an activating group) is 1. The lowest BCUT2D eigenvalue weighted by atomic mass is 9.89. The number of esters is 1. The van der Waals surface area contributed by atoms with Crippen LogP contribution in [0, 0.1) is 5.92 Å². The van der Waals surface area contributed by atoms with E-state index in [1.807, 2.05) is 20.8 Å². The molecule has 0 aromatic rings. The summed E-state index contributed by atoms with van der Waals surface area (Å²) >= 11 is 0. The predicted octanol–water partition coefficient (Wildman–Crippen LogP) is 2.74. The molecule has 0 bridgehead atoms. The second kappa shape index (κ2) is 8.57. The van der Waals surface area contributed by atoms with Gasteiger partial charge in [-0.1, -0.05) is 20.8 Å². The van der Waals surface area contributed by atoms with Crippen molar-refractivity contribution in [3.63, 3.8) is 0 Å². The molecule has 1 aliphatic rings. The van der Waals surface area contributed by atoms with Gasteiger partial charge in [-0.2, -0.15) is 0 Å². The SMILES string of the molecule is CC.CNC(C)C(=O)OC1CCC(C)CC1. The fourth-order valence-electron chi connectivity index (χ4n) is 1.73. The second-order valence-electron chi connectivity index (χ2n) is 4.33. The maximum atomic E-state index is 11.4. The summed E-state index contributed by atoms with van der Waals surface area (Å²) in [5, 5.41) is 2.89. The molecule has 3 heteroatoms. The molecule has 0 amide bonds. The number of ether oxygens (including phenoxy) is 1. The van der Waals surface area contributed by atoms with Crippen molar-refractivity contribution in [2.75, 3.05) is 7.05 Å². The largest absolute Gasteiger partial charge is 0.461 e. The average molecular weight is 229 g/mol. The third-order valence-electron chi connectivity index (χ3n) is 3.03. The van der Waals surface area contributed by atoms with Gasteiger partial charge in [-0.05, 0) is 45.6 Å². The highest BCUT2D eigenvalue weighted by Crippen LogP contribution is 2.25. The Bertz CT molecular complexity index is 186. The molecule has 1 N–H and O–H groups in total. The van der Waals surface area contributed by atoms with Crippen LogP contribution in [-0.2, 0) is 9.53 Å². The number of hydrogen-bond acceptors (Lipinski definition) is 3. The van der Waals surface area contributed by atoms with Crippen LogP contribution in [0.25, 0.3) is 0 Å². The van der Waals surface area contributed by atoms with Crippen LogP contribution in [0.5, 0.6) is 0 Å². The van der Waals surface area contributed by atoms with E-state index in [0.717, 1.165) is 18.8 Å². The minimum absolute atomic E-state index is 0.118. The lowest BCUT2D eigenvalue weighted by Gasteiger charge is -2.26. The quantitative estimate of drug-likeness (QED) is 0.756. The van der Waals surface area contributed by atoms with Crippen LogP contribution in [0.15, 0.2) is 0 Å². The molecule has 1 atom stereocenters. The van der Waals surface area contributed by atoms with Gasteiger partial charge in [0, 0.05) is 0 Å². The topological polar surface area (TPSA) is 38.3 Å². The molecule has 16 heavy (non-hydrogen) atoms. The molecule has 3 nitrogen and oxygen atoms in total. The van der Waals surface area contributed by atoms with Gasteiger partial charge in [0.2, 0.25) is 0 Å². The van der Waals surface area contributed by atoms with E-state index >= 15 is 0 Å². The first-order chi connectivity index (χ1) is 7.63. The molecule has 1 fully saturated rings. The van der Waals surface area contributed by atoms with E-state index in [1.54, 1.807) is 7.05 Å². The van der Waals surface area contributed by atoms with Crippen molar-refractivity contribution in [2.45, 2.75) is 65.5 Å². The lowest BCUT2D eigenvalue weighted by Crippen LogP contribution is -2.36. The maximum Gasteiger partial charge on any atom is 0.323 e. The zero-order valence-corrected chi connectivity index (χ0v) is 11.4. The molecule has 1 aliphatic carbocycles. The van der Waals surface area contributed by atoms with Crippen molar-refractivity contribution < 1.29 is 9.53 Å². The second-order valence-corrected chi connectivity index (χ2v) is 4.33. The molecule has 0 aromatic heterocycles. The van der Waals surface area contributed by atoms with Crippen LogP contribution in [-0.4, -0.2) is 25.2 Å². The molecule has 0 heterocycles. The highest BCUT2D eigenvalue weighted by atomic mass is 16.5. The summed E-state index contributed by atoms with van der Waals surface area (Å²) in [6.07, 6.45) is 4.60. The molecule has 0 saturated heterocycles. The lowest BCUT2D eigenvalue weighted by molar-refractivity contribution is -0.152. The summed E-state index contributed by atoms with van der Waals surface area (Å²) in [5.74, 6) is 0.679. The van der Waals surface area contributed by atoms with Crippen molar-refractivity contribution in [3.8, 4) is 0 Å². The van der Waals surface area contributed by atoms with Gasteiger partial charge in [0.25, 0.3) is 0 Å². The monoisotopic (exact) mass is 229 g/mol. The van der Waals surface area contributed by atoms with Gasteiger partial charge in [0.1, 0.15) is 12.1 Å².